The maximum atomic E-state index is 12.4. The molecular formula is C17H20ClNO3. The van der Waals surface area contributed by atoms with Gasteiger partial charge in [-0.3, -0.25) is 9.59 Å². The van der Waals surface area contributed by atoms with Gasteiger partial charge in [-0.05, 0) is 24.6 Å². The van der Waals surface area contributed by atoms with Gasteiger partial charge in [0.2, 0.25) is 5.91 Å². The minimum Gasteiger partial charge on any atom is -0.486 e. The number of hydrogen-bond donors (Lipinski definition) is 0. The number of Topliss-reactive ketones (excluding diaryl/α,β-unsaturated/α-hetero) is 1. The third kappa shape index (κ3) is 2.84. The fraction of sp³-hybridized carbons (Fsp3) is 0.529. The number of amides is 1. The Hall–Kier alpha value is -1.55. The fourth-order valence-corrected chi connectivity index (χ4v) is 3.45. The molecule has 1 fully saturated rings. The van der Waals surface area contributed by atoms with E-state index in [1.165, 1.54) is 0 Å². The van der Waals surface area contributed by atoms with E-state index in [1.807, 2.05) is 11.8 Å². The van der Waals surface area contributed by atoms with Gasteiger partial charge in [0, 0.05) is 37.4 Å². The van der Waals surface area contributed by atoms with Crippen LogP contribution in [0.15, 0.2) is 18.2 Å². The van der Waals surface area contributed by atoms with Crippen LogP contribution in [0.25, 0.3) is 0 Å². The Morgan fingerprint density at radius 3 is 2.77 bits per heavy atom. The molecule has 5 heteroatoms. The van der Waals surface area contributed by atoms with E-state index >= 15 is 0 Å². The molecule has 1 aromatic carbocycles. The van der Waals surface area contributed by atoms with Crippen LogP contribution in [0.3, 0.4) is 0 Å². The Labute approximate surface area is 135 Å². The summed E-state index contributed by atoms with van der Waals surface area (Å²) in [6, 6.07) is 5.18. The number of fused-ring (bicyclic) bond motifs is 1. The van der Waals surface area contributed by atoms with Gasteiger partial charge >= 0.3 is 0 Å². The standard InChI is InChI=1S/C17H20ClNO3/c1-2-3-16(21)19-8-6-17(7-9-19)11-14(20)13-10-12(18)4-5-15(13)22-17/h4-5,10H,2-3,6-9,11H2,1H3. The number of piperidine rings is 1. The molecule has 0 saturated carbocycles. The van der Waals surface area contributed by atoms with E-state index in [0.29, 0.717) is 55.1 Å². The van der Waals surface area contributed by atoms with E-state index in [4.69, 9.17) is 16.3 Å². The number of hydrogen-bond acceptors (Lipinski definition) is 3. The molecule has 2 aliphatic heterocycles. The SMILES string of the molecule is CCCC(=O)N1CCC2(CC1)CC(=O)c1cc(Cl)ccc1O2. The van der Waals surface area contributed by atoms with Crippen LogP contribution in [0.4, 0.5) is 0 Å². The molecule has 4 nitrogen and oxygen atoms in total. The molecule has 0 aromatic heterocycles. The van der Waals surface area contributed by atoms with E-state index in [2.05, 4.69) is 0 Å². The van der Waals surface area contributed by atoms with Crippen LogP contribution in [0.5, 0.6) is 5.75 Å². The maximum absolute atomic E-state index is 12.4. The highest BCUT2D eigenvalue weighted by molar-refractivity contribution is 6.31. The van der Waals surface area contributed by atoms with Gasteiger partial charge in [-0.1, -0.05) is 18.5 Å². The number of rotatable bonds is 2. The predicted molar refractivity (Wildman–Crippen MR) is 84.5 cm³/mol. The minimum absolute atomic E-state index is 0.0806. The molecule has 0 N–H and O–H groups in total. The van der Waals surface area contributed by atoms with E-state index in [9.17, 15) is 9.59 Å². The Balaban J connectivity index is 1.73. The molecule has 1 amide bonds. The second-order valence-corrected chi connectivity index (χ2v) is 6.59. The molecule has 22 heavy (non-hydrogen) atoms. The summed E-state index contributed by atoms with van der Waals surface area (Å²) < 4.78 is 6.16. The third-order valence-electron chi connectivity index (χ3n) is 4.54. The monoisotopic (exact) mass is 321 g/mol. The van der Waals surface area contributed by atoms with E-state index < -0.39 is 5.60 Å². The van der Waals surface area contributed by atoms with Crippen LogP contribution >= 0.6 is 11.6 Å². The van der Waals surface area contributed by atoms with Gasteiger partial charge in [-0.25, -0.2) is 0 Å². The van der Waals surface area contributed by atoms with Crippen molar-refractivity contribution in [3.63, 3.8) is 0 Å². The molecule has 1 saturated heterocycles. The lowest BCUT2D eigenvalue weighted by atomic mass is 9.82. The molecule has 1 aromatic rings. The van der Waals surface area contributed by atoms with Crippen LogP contribution in [0.2, 0.25) is 5.02 Å². The average Bonchev–Trinajstić information content (AvgIpc) is 2.49. The van der Waals surface area contributed by atoms with Crippen LogP contribution in [-0.4, -0.2) is 35.3 Å². The van der Waals surface area contributed by atoms with Crippen molar-refractivity contribution in [3.8, 4) is 5.75 Å². The summed E-state index contributed by atoms with van der Waals surface area (Å²) in [6.07, 6.45) is 3.24. The summed E-state index contributed by atoms with van der Waals surface area (Å²) in [5.74, 6) is 0.901. The van der Waals surface area contributed by atoms with E-state index in [1.54, 1.807) is 18.2 Å². The van der Waals surface area contributed by atoms with Crippen molar-refractivity contribution in [2.24, 2.45) is 0 Å². The lowest BCUT2D eigenvalue weighted by Crippen LogP contribution is -2.52. The van der Waals surface area contributed by atoms with Crippen LogP contribution < -0.4 is 4.74 Å². The van der Waals surface area contributed by atoms with Crippen molar-refractivity contribution in [3.05, 3.63) is 28.8 Å². The number of carbonyl (C=O) groups excluding carboxylic acids is 2. The quantitative estimate of drug-likeness (QED) is 0.838. The first kappa shape index (κ1) is 15.3. The summed E-state index contributed by atoms with van der Waals surface area (Å²) in [6.45, 7) is 3.33. The van der Waals surface area contributed by atoms with E-state index in [-0.39, 0.29) is 11.7 Å². The molecule has 0 bridgehead atoms. The second-order valence-electron chi connectivity index (χ2n) is 6.16. The normalized spacial score (nSPS) is 19.7. The molecule has 3 rings (SSSR count). The Bertz CT molecular complexity index is 606. The Morgan fingerprint density at radius 1 is 1.36 bits per heavy atom. The summed E-state index contributed by atoms with van der Waals surface area (Å²) in [4.78, 5) is 26.3. The number of benzene rings is 1. The zero-order valence-electron chi connectivity index (χ0n) is 12.7. The number of likely N-dealkylation sites (tertiary alicyclic amines) is 1. The first-order chi connectivity index (χ1) is 10.5. The fourth-order valence-electron chi connectivity index (χ4n) is 3.28. The lowest BCUT2D eigenvalue weighted by Gasteiger charge is -2.44. The van der Waals surface area contributed by atoms with Crippen molar-refractivity contribution in [2.45, 2.75) is 44.6 Å². The summed E-state index contributed by atoms with van der Waals surface area (Å²) in [5.41, 5.74) is 0.114. The molecule has 0 atom stereocenters. The highest BCUT2D eigenvalue weighted by Gasteiger charge is 2.43. The third-order valence-corrected chi connectivity index (χ3v) is 4.78. The van der Waals surface area contributed by atoms with Crippen molar-refractivity contribution in [1.82, 2.24) is 4.90 Å². The first-order valence-electron chi connectivity index (χ1n) is 7.82. The van der Waals surface area contributed by atoms with Gasteiger partial charge in [0.15, 0.2) is 5.78 Å². The summed E-state index contributed by atoms with van der Waals surface area (Å²) in [7, 11) is 0. The largest absolute Gasteiger partial charge is 0.486 e. The van der Waals surface area contributed by atoms with E-state index in [0.717, 1.165) is 6.42 Å². The van der Waals surface area contributed by atoms with Crippen molar-refractivity contribution >= 4 is 23.3 Å². The molecule has 1 spiro atoms. The summed E-state index contributed by atoms with van der Waals surface area (Å²) in [5, 5.41) is 0.548. The van der Waals surface area contributed by atoms with Crippen LogP contribution in [-0.2, 0) is 4.79 Å². The minimum atomic E-state index is -0.457. The first-order valence-corrected chi connectivity index (χ1v) is 8.20. The van der Waals surface area contributed by atoms with Gasteiger partial charge < -0.3 is 9.64 Å². The van der Waals surface area contributed by atoms with Crippen LogP contribution in [0.1, 0.15) is 49.4 Å². The number of ether oxygens (including phenoxy) is 1. The average molecular weight is 322 g/mol. The molecule has 0 aliphatic carbocycles. The molecule has 0 radical (unpaired) electrons. The zero-order chi connectivity index (χ0) is 15.7. The lowest BCUT2D eigenvalue weighted by molar-refractivity contribution is -0.134. The number of halogens is 1. The molecular weight excluding hydrogens is 302 g/mol. The molecule has 2 heterocycles. The topological polar surface area (TPSA) is 46.6 Å². The van der Waals surface area contributed by atoms with Gasteiger partial charge in [-0.2, -0.15) is 0 Å². The van der Waals surface area contributed by atoms with Gasteiger partial charge in [0.25, 0.3) is 0 Å². The second kappa shape index (κ2) is 5.92. The van der Waals surface area contributed by atoms with Crippen LogP contribution in [0, 0.1) is 0 Å². The molecule has 0 unspecified atom stereocenters. The highest BCUT2D eigenvalue weighted by atomic mass is 35.5. The Kier molecular flexibility index (Phi) is 4.13. The highest BCUT2D eigenvalue weighted by Crippen LogP contribution is 2.40. The number of carbonyl (C=O) groups is 2. The van der Waals surface area contributed by atoms with Crippen molar-refractivity contribution < 1.29 is 14.3 Å². The van der Waals surface area contributed by atoms with Gasteiger partial charge in [0.1, 0.15) is 11.4 Å². The zero-order valence-corrected chi connectivity index (χ0v) is 13.5. The summed E-state index contributed by atoms with van der Waals surface area (Å²) >= 11 is 5.95. The molecule has 2 aliphatic rings. The van der Waals surface area contributed by atoms with Gasteiger partial charge in [-0.15, -0.1) is 0 Å². The predicted octanol–water partition coefficient (Wildman–Crippen LogP) is 3.47. The number of nitrogens with zero attached hydrogens (tertiary/aromatic N) is 1. The maximum Gasteiger partial charge on any atom is 0.222 e. The van der Waals surface area contributed by atoms with Crippen molar-refractivity contribution in [1.29, 1.82) is 0 Å². The smallest absolute Gasteiger partial charge is 0.222 e. The number of ketones is 1. The molecule has 118 valence electrons. The van der Waals surface area contributed by atoms with Crippen molar-refractivity contribution in [2.75, 3.05) is 13.1 Å². The Morgan fingerprint density at radius 2 is 2.09 bits per heavy atom. The van der Waals surface area contributed by atoms with Gasteiger partial charge in [0.05, 0.1) is 12.0 Å².